The van der Waals surface area contributed by atoms with Gasteiger partial charge in [-0.05, 0) is 36.6 Å². The highest BCUT2D eigenvalue weighted by molar-refractivity contribution is 5.89. The Morgan fingerprint density at radius 2 is 2.00 bits per heavy atom. The molecule has 0 radical (unpaired) electrons. The van der Waals surface area contributed by atoms with Crippen LogP contribution in [0.5, 0.6) is 0 Å². The summed E-state index contributed by atoms with van der Waals surface area (Å²) in [6.45, 7) is 5.83. The van der Waals surface area contributed by atoms with E-state index in [1.165, 1.54) is 0 Å². The number of pyridine rings is 1. The molecule has 0 bridgehead atoms. The number of aryl methyl sites for hydroxylation is 2. The lowest BCUT2D eigenvalue weighted by molar-refractivity contribution is 0.206. The molecule has 0 atom stereocenters. The summed E-state index contributed by atoms with van der Waals surface area (Å²) < 4.78 is 1.78. The van der Waals surface area contributed by atoms with Crippen LogP contribution in [0.25, 0.3) is 0 Å². The summed E-state index contributed by atoms with van der Waals surface area (Å²) in [5.74, 6) is 0. The highest BCUT2D eigenvalue weighted by atomic mass is 16.2. The van der Waals surface area contributed by atoms with E-state index in [-0.39, 0.29) is 6.03 Å². The first-order valence-electron chi connectivity index (χ1n) is 8.67. The fourth-order valence-electron chi connectivity index (χ4n) is 2.71. The van der Waals surface area contributed by atoms with Gasteiger partial charge in [-0.15, -0.1) is 0 Å². The number of benzene rings is 1. The summed E-state index contributed by atoms with van der Waals surface area (Å²) in [4.78, 5) is 18.8. The Labute approximate surface area is 153 Å². The number of rotatable bonds is 6. The quantitative estimate of drug-likeness (QED) is 0.735. The fraction of sp³-hybridized carbons (Fsp3) is 0.250. The van der Waals surface area contributed by atoms with Crippen LogP contribution in [0, 0.1) is 6.92 Å². The van der Waals surface area contributed by atoms with E-state index in [0.717, 1.165) is 23.2 Å². The zero-order valence-electron chi connectivity index (χ0n) is 15.1. The predicted molar refractivity (Wildman–Crippen MR) is 102 cm³/mol. The van der Waals surface area contributed by atoms with Crippen LogP contribution in [0.4, 0.5) is 10.5 Å². The van der Waals surface area contributed by atoms with E-state index >= 15 is 0 Å². The number of amides is 2. The van der Waals surface area contributed by atoms with Crippen molar-refractivity contribution >= 4 is 11.7 Å². The molecule has 2 aromatic heterocycles. The molecule has 0 saturated carbocycles. The van der Waals surface area contributed by atoms with Crippen molar-refractivity contribution < 1.29 is 4.79 Å². The number of nitrogens with one attached hydrogen (secondary N) is 1. The van der Waals surface area contributed by atoms with Crippen LogP contribution in [0.1, 0.15) is 23.6 Å². The number of urea groups is 1. The molecule has 6 heteroatoms. The van der Waals surface area contributed by atoms with Gasteiger partial charge < -0.3 is 10.2 Å². The van der Waals surface area contributed by atoms with E-state index in [9.17, 15) is 4.79 Å². The SMILES string of the molecule is CCn1cc(NC(=O)N(Cc2cccnc2)Cc2ccccc2C)cn1. The topological polar surface area (TPSA) is 63.1 Å². The second-order valence-corrected chi connectivity index (χ2v) is 6.16. The third-order valence-corrected chi connectivity index (χ3v) is 4.21. The molecule has 0 spiro atoms. The van der Waals surface area contributed by atoms with Crippen molar-refractivity contribution in [2.24, 2.45) is 0 Å². The van der Waals surface area contributed by atoms with Crippen LogP contribution >= 0.6 is 0 Å². The highest BCUT2D eigenvalue weighted by Crippen LogP contribution is 2.15. The first-order valence-corrected chi connectivity index (χ1v) is 8.67. The largest absolute Gasteiger partial charge is 0.322 e. The Morgan fingerprint density at radius 3 is 2.69 bits per heavy atom. The number of carbonyl (C=O) groups excluding carboxylic acids is 1. The van der Waals surface area contributed by atoms with Gasteiger partial charge in [0.15, 0.2) is 0 Å². The maximum absolute atomic E-state index is 12.9. The van der Waals surface area contributed by atoms with E-state index in [1.807, 2.05) is 43.5 Å². The van der Waals surface area contributed by atoms with Gasteiger partial charge in [0.2, 0.25) is 0 Å². The minimum absolute atomic E-state index is 0.159. The molecule has 134 valence electrons. The molecule has 0 aliphatic rings. The van der Waals surface area contributed by atoms with E-state index < -0.39 is 0 Å². The van der Waals surface area contributed by atoms with E-state index in [1.54, 1.807) is 28.2 Å². The second kappa shape index (κ2) is 8.29. The van der Waals surface area contributed by atoms with Crippen LogP contribution in [0.3, 0.4) is 0 Å². The number of anilines is 1. The lowest BCUT2D eigenvalue weighted by Gasteiger charge is -2.23. The molecule has 0 saturated heterocycles. The van der Waals surface area contributed by atoms with Crippen molar-refractivity contribution in [1.29, 1.82) is 0 Å². The molecule has 2 amide bonds. The molecule has 0 unspecified atom stereocenters. The van der Waals surface area contributed by atoms with E-state index in [0.29, 0.717) is 18.8 Å². The van der Waals surface area contributed by atoms with Crippen molar-refractivity contribution in [2.75, 3.05) is 5.32 Å². The molecule has 0 fully saturated rings. The molecular weight excluding hydrogens is 326 g/mol. The van der Waals surface area contributed by atoms with Crippen LogP contribution in [-0.2, 0) is 19.6 Å². The highest BCUT2D eigenvalue weighted by Gasteiger charge is 2.16. The monoisotopic (exact) mass is 349 g/mol. The minimum atomic E-state index is -0.159. The average molecular weight is 349 g/mol. The Morgan fingerprint density at radius 1 is 1.15 bits per heavy atom. The summed E-state index contributed by atoms with van der Waals surface area (Å²) in [5, 5.41) is 7.14. The summed E-state index contributed by atoms with van der Waals surface area (Å²) in [6.07, 6.45) is 7.01. The number of hydrogen-bond donors (Lipinski definition) is 1. The summed E-state index contributed by atoms with van der Waals surface area (Å²) in [5.41, 5.74) is 3.96. The van der Waals surface area contributed by atoms with Gasteiger partial charge in [0, 0.05) is 38.2 Å². The van der Waals surface area contributed by atoms with Gasteiger partial charge in [0.1, 0.15) is 0 Å². The third-order valence-electron chi connectivity index (χ3n) is 4.21. The van der Waals surface area contributed by atoms with Gasteiger partial charge >= 0.3 is 6.03 Å². The molecular formula is C20H23N5O. The normalized spacial score (nSPS) is 10.5. The molecule has 1 N–H and O–H groups in total. The maximum Gasteiger partial charge on any atom is 0.322 e. The summed E-state index contributed by atoms with van der Waals surface area (Å²) in [6, 6.07) is 11.8. The number of hydrogen-bond acceptors (Lipinski definition) is 3. The van der Waals surface area contributed by atoms with Gasteiger partial charge in [0.25, 0.3) is 0 Å². The lowest BCUT2D eigenvalue weighted by Crippen LogP contribution is -2.34. The number of nitrogens with zero attached hydrogens (tertiary/aromatic N) is 4. The minimum Gasteiger partial charge on any atom is -0.316 e. The van der Waals surface area contributed by atoms with Gasteiger partial charge in [-0.3, -0.25) is 9.67 Å². The van der Waals surface area contributed by atoms with Crippen LogP contribution in [0.2, 0.25) is 0 Å². The molecule has 1 aromatic carbocycles. The Balaban J connectivity index is 1.79. The molecule has 3 rings (SSSR count). The molecule has 0 aliphatic carbocycles. The number of aromatic nitrogens is 3. The van der Waals surface area contributed by atoms with Crippen LogP contribution in [0.15, 0.2) is 61.2 Å². The van der Waals surface area contributed by atoms with Gasteiger partial charge in [-0.2, -0.15) is 5.10 Å². The smallest absolute Gasteiger partial charge is 0.316 e. The average Bonchev–Trinajstić information content (AvgIpc) is 3.11. The van der Waals surface area contributed by atoms with Crippen molar-refractivity contribution in [3.8, 4) is 0 Å². The molecule has 0 aliphatic heterocycles. The predicted octanol–water partition coefficient (Wildman–Crippen LogP) is 3.84. The first-order chi connectivity index (χ1) is 12.7. The maximum atomic E-state index is 12.9. The van der Waals surface area contributed by atoms with E-state index in [2.05, 4.69) is 28.4 Å². The second-order valence-electron chi connectivity index (χ2n) is 6.16. The Hall–Kier alpha value is -3.15. The number of carbonyl (C=O) groups is 1. The Bertz CT molecular complexity index is 859. The molecule has 6 nitrogen and oxygen atoms in total. The zero-order valence-corrected chi connectivity index (χ0v) is 15.1. The van der Waals surface area contributed by atoms with Gasteiger partial charge in [-0.25, -0.2) is 4.79 Å². The van der Waals surface area contributed by atoms with Crippen molar-refractivity contribution in [1.82, 2.24) is 19.7 Å². The molecule has 3 aromatic rings. The van der Waals surface area contributed by atoms with Crippen LogP contribution < -0.4 is 5.32 Å². The van der Waals surface area contributed by atoms with Gasteiger partial charge in [-0.1, -0.05) is 30.3 Å². The fourth-order valence-corrected chi connectivity index (χ4v) is 2.71. The molecule has 26 heavy (non-hydrogen) atoms. The van der Waals surface area contributed by atoms with Gasteiger partial charge in [0.05, 0.1) is 11.9 Å². The summed E-state index contributed by atoms with van der Waals surface area (Å²) >= 11 is 0. The van der Waals surface area contributed by atoms with Crippen molar-refractivity contribution in [3.05, 3.63) is 77.9 Å². The first kappa shape index (κ1) is 17.7. The lowest BCUT2D eigenvalue weighted by atomic mass is 10.1. The Kier molecular flexibility index (Phi) is 5.63. The van der Waals surface area contributed by atoms with E-state index in [4.69, 9.17) is 0 Å². The van der Waals surface area contributed by atoms with Crippen molar-refractivity contribution in [2.45, 2.75) is 33.5 Å². The standard InChI is InChI=1S/C20H23N5O/c1-3-25-15-19(12-22-25)23-20(26)24(13-17-8-6-10-21-11-17)14-18-9-5-4-7-16(18)2/h4-12,15H,3,13-14H2,1-2H3,(H,23,26). The zero-order chi connectivity index (χ0) is 18.4. The summed E-state index contributed by atoms with van der Waals surface area (Å²) in [7, 11) is 0. The van der Waals surface area contributed by atoms with Crippen LogP contribution in [-0.4, -0.2) is 25.7 Å². The third kappa shape index (κ3) is 4.47. The molecule has 2 heterocycles. The van der Waals surface area contributed by atoms with Crippen molar-refractivity contribution in [3.63, 3.8) is 0 Å².